The van der Waals surface area contributed by atoms with E-state index in [0.717, 1.165) is 15.2 Å². The molecule has 1 aliphatic rings. The van der Waals surface area contributed by atoms with Gasteiger partial charge < -0.3 is 5.32 Å². The molecule has 0 spiro atoms. The minimum atomic E-state index is -2.87. The van der Waals surface area contributed by atoms with Crippen molar-refractivity contribution in [2.75, 3.05) is 18.1 Å². The van der Waals surface area contributed by atoms with Gasteiger partial charge in [0, 0.05) is 19.0 Å². The second kappa shape index (κ2) is 4.60. The second-order valence-corrected chi connectivity index (χ2v) is 7.89. The molecule has 1 N–H and O–H groups in total. The summed E-state index contributed by atoms with van der Waals surface area (Å²) in [5.74, 6) is 0.478. The van der Waals surface area contributed by atoms with Crippen molar-refractivity contribution in [1.29, 1.82) is 0 Å². The highest BCUT2D eigenvalue weighted by Gasteiger charge is 2.25. The highest BCUT2D eigenvalue weighted by molar-refractivity contribution is 7.91. The van der Waals surface area contributed by atoms with Crippen LogP contribution in [0.15, 0.2) is 24.3 Å². The van der Waals surface area contributed by atoms with Crippen molar-refractivity contribution >= 4 is 31.4 Å². The zero-order chi connectivity index (χ0) is 12.6. The summed E-state index contributed by atoms with van der Waals surface area (Å²) in [6, 6.07) is 7.99. The van der Waals surface area contributed by atoms with E-state index in [1.54, 1.807) is 11.3 Å². The minimum Gasteiger partial charge on any atom is -0.312 e. The first kappa shape index (κ1) is 12.1. The van der Waals surface area contributed by atoms with Gasteiger partial charge in [-0.1, -0.05) is 12.1 Å². The van der Waals surface area contributed by atoms with Crippen LogP contribution in [0.1, 0.15) is 5.01 Å². The largest absolute Gasteiger partial charge is 0.312 e. The van der Waals surface area contributed by atoms with Gasteiger partial charge in [-0.25, -0.2) is 13.4 Å². The van der Waals surface area contributed by atoms with Crippen LogP contribution in [0.3, 0.4) is 0 Å². The van der Waals surface area contributed by atoms with Crippen LogP contribution in [-0.2, 0) is 16.3 Å². The monoisotopic (exact) mass is 282 g/mol. The fourth-order valence-corrected chi connectivity index (χ4v) is 4.71. The molecule has 1 saturated heterocycles. The first-order chi connectivity index (χ1) is 8.62. The minimum absolute atomic E-state index is 0.00399. The topological polar surface area (TPSA) is 59.1 Å². The maximum atomic E-state index is 11.6. The number of sulfone groups is 1. The van der Waals surface area contributed by atoms with E-state index < -0.39 is 9.84 Å². The second-order valence-electron chi connectivity index (χ2n) is 4.54. The first-order valence-electron chi connectivity index (χ1n) is 5.91. The summed E-state index contributed by atoms with van der Waals surface area (Å²) in [6.07, 6.45) is 0.693. The quantitative estimate of drug-likeness (QED) is 0.900. The molecule has 96 valence electrons. The molecule has 1 atom stereocenters. The number of nitrogens with one attached hydrogen (secondary N) is 1. The number of hydrogen-bond donors (Lipinski definition) is 1. The van der Waals surface area contributed by atoms with Crippen LogP contribution in [0.4, 0.5) is 0 Å². The standard InChI is InChI=1S/C12H14N2O2S2/c15-18(16)6-5-13-9(8-18)7-12-14-10-3-1-2-4-11(10)17-12/h1-4,9,13H,5-8H2. The number of fused-ring (bicyclic) bond motifs is 1. The Morgan fingerprint density at radius 1 is 1.39 bits per heavy atom. The number of nitrogens with zero attached hydrogens (tertiary/aromatic N) is 1. The van der Waals surface area contributed by atoms with Gasteiger partial charge in [0.1, 0.15) is 0 Å². The molecule has 2 heterocycles. The van der Waals surface area contributed by atoms with E-state index in [2.05, 4.69) is 10.3 Å². The van der Waals surface area contributed by atoms with Crippen LogP contribution in [-0.4, -0.2) is 37.5 Å². The lowest BCUT2D eigenvalue weighted by atomic mass is 10.2. The molecular weight excluding hydrogens is 268 g/mol. The Bertz CT molecular complexity index is 631. The van der Waals surface area contributed by atoms with Gasteiger partial charge in [-0.3, -0.25) is 0 Å². The normalized spacial score (nSPS) is 23.2. The van der Waals surface area contributed by atoms with E-state index in [1.165, 1.54) is 0 Å². The number of para-hydroxylation sites is 1. The molecule has 4 nitrogen and oxygen atoms in total. The van der Waals surface area contributed by atoms with E-state index >= 15 is 0 Å². The predicted octanol–water partition coefficient (Wildman–Crippen LogP) is 1.23. The summed E-state index contributed by atoms with van der Waals surface area (Å²) < 4.78 is 24.3. The maximum Gasteiger partial charge on any atom is 0.153 e. The summed E-state index contributed by atoms with van der Waals surface area (Å²) in [6.45, 7) is 0.553. The van der Waals surface area contributed by atoms with E-state index in [4.69, 9.17) is 0 Å². The molecule has 1 aliphatic heterocycles. The first-order valence-corrected chi connectivity index (χ1v) is 8.54. The molecule has 0 bridgehead atoms. The van der Waals surface area contributed by atoms with E-state index in [-0.39, 0.29) is 17.5 Å². The van der Waals surface area contributed by atoms with Crippen molar-refractivity contribution in [3.05, 3.63) is 29.3 Å². The SMILES string of the molecule is O=S1(=O)CCNC(Cc2nc3ccccc3s2)C1. The van der Waals surface area contributed by atoms with Crippen LogP contribution in [0.25, 0.3) is 10.2 Å². The van der Waals surface area contributed by atoms with E-state index in [9.17, 15) is 8.42 Å². The maximum absolute atomic E-state index is 11.6. The Morgan fingerprint density at radius 3 is 3.00 bits per heavy atom. The van der Waals surface area contributed by atoms with Gasteiger partial charge in [0.05, 0.1) is 26.7 Å². The Balaban J connectivity index is 1.80. The van der Waals surface area contributed by atoms with Crippen molar-refractivity contribution in [3.63, 3.8) is 0 Å². The summed E-state index contributed by atoms with van der Waals surface area (Å²) in [5, 5.41) is 4.26. The molecule has 1 aromatic carbocycles. The van der Waals surface area contributed by atoms with E-state index in [1.807, 2.05) is 24.3 Å². The third-order valence-corrected chi connectivity index (χ3v) is 5.86. The van der Waals surface area contributed by atoms with Gasteiger partial charge in [-0.2, -0.15) is 0 Å². The van der Waals surface area contributed by atoms with Gasteiger partial charge in [0.25, 0.3) is 0 Å². The Kier molecular flexibility index (Phi) is 3.09. The van der Waals surface area contributed by atoms with Crippen molar-refractivity contribution in [2.45, 2.75) is 12.5 Å². The molecule has 1 unspecified atom stereocenters. The molecular formula is C12H14N2O2S2. The van der Waals surface area contributed by atoms with E-state index in [0.29, 0.717) is 13.0 Å². The average molecular weight is 282 g/mol. The molecule has 6 heteroatoms. The summed E-state index contributed by atoms with van der Waals surface area (Å²) in [5.41, 5.74) is 0.996. The number of aromatic nitrogens is 1. The molecule has 1 aromatic heterocycles. The molecule has 18 heavy (non-hydrogen) atoms. The van der Waals surface area contributed by atoms with Crippen molar-refractivity contribution in [3.8, 4) is 0 Å². The molecule has 0 saturated carbocycles. The van der Waals surface area contributed by atoms with Crippen LogP contribution in [0.5, 0.6) is 0 Å². The zero-order valence-corrected chi connectivity index (χ0v) is 11.4. The van der Waals surface area contributed by atoms with Gasteiger partial charge in [-0.15, -0.1) is 11.3 Å². The van der Waals surface area contributed by atoms with Crippen molar-refractivity contribution < 1.29 is 8.42 Å². The van der Waals surface area contributed by atoms with Crippen molar-refractivity contribution in [2.24, 2.45) is 0 Å². The number of benzene rings is 1. The summed E-state index contributed by atoms with van der Waals surface area (Å²) >= 11 is 1.65. The third kappa shape index (κ3) is 2.55. The summed E-state index contributed by atoms with van der Waals surface area (Å²) in [7, 11) is -2.87. The average Bonchev–Trinajstić information content (AvgIpc) is 2.69. The molecule has 0 aliphatic carbocycles. The smallest absolute Gasteiger partial charge is 0.153 e. The molecule has 2 aromatic rings. The third-order valence-electron chi connectivity index (χ3n) is 3.06. The lowest BCUT2D eigenvalue weighted by molar-refractivity contribution is 0.515. The lowest BCUT2D eigenvalue weighted by Crippen LogP contribution is -2.46. The number of hydrogen-bond acceptors (Lipinski definition) is 5. The van der Waals surface area contributed by atoms with Crippen LogP contribution in [0.2, 0.25) is 0 Å². The highest BCUT2D eigenvalue weighted by Crippen LogP contribution is 2.23. The number of rotatable bonds is 2. The van der Waals surface area contributed by atoms with Crippen molar-refractivity contribution in [1.82, 2.24) is 10.3 Å². The van der Waals surface area contributed by atoms with Gasteiger partial charge in [0.15, 0.2) is 9.84 Å². The van der Waals surface area contributed by atoms with Crippen LogP contribution < -0.4 is 5.32 Å². The lowest BCUT2D eigenvalue weighted by Gasteiger charge is -2.22. The van der Waals surface area contributed by atoms with Crippen LogP contribution >= 0.6 is 11.3 Å². The molecule has 1 fully saturated rings. The van der Waals surface area contributed by atoms with Gasteiger partial charge >= 0.3 is 0 Å². The summed E-state index contributed by atoms with van der Waals surface area (Å²) in [4.78, 5) is 4.54. The Morgan fingerprint density at radius 2 is 2.22 bits per heavy atom. The van der Waals surface area contributed by atoms with Gasteiger partial charge in [0.2, 0.25) is 0 Å². The number of thiazole rings is 1. The fraction of sp³-hybridized carbons (Fsp3) is 0.417. The fourth-order valence-electron chi connectivity index (χ4n) is 2.22. The molecule has 0 radical (unpaired) electrons. The Hall–Kier alpha value is -0.980. The zero-order valence-electron chi connectivity index (χ0n) is 9.80. The van der Waals surface area contributed by atoms with Gasteiger partial charge in [-0.05, 0) is 12.1 Å². The Labute approximate surface area is 110 Å². The highest BCUT2D eigenvalue weighted by atomic mass is 32.2. The van der Waals surface area contributed by atoms with Crippen LogP contribution in [0, 0.1) is 0 Å². The molecule has 0 amide bonds. The molecule has 3 rings (SSSR count). The predicted molar refractivity (Wildman–Crippen MR) is 73.8 cm³/mol.